The van der Waals surface area contributed by atoms with Crippen molar-refractivity contribution >= 4 is 34.8 Å². The Morgan fingerprint density at radius 3 is 2.61 bits per heavy atom. The number of aryl methyl sites for hydroxylation is 1. The highest BCUT2D eigenvalue weighted by molar-refractivity contribution is 7.09. The maximum atomic E-state index is 12.9. The predicted molar refractivity (Wildman–Crippen MR) is 130 cm³/mol. The van der Waals surface area contributed by atoms with Crippen molar-refractivity contribution in [3.8, 4) is 0 Å². The number of amides is 2. The van der Waals surface area contributed by atoms with Gasteiger partial charge in [0.2, 0.25) is 0 Å². The summed E-state index contributed by atoms with van der Waals surface area (Å²) in [6, 6.07) is 14.4. The summed E-state index contributed by atoms with van der Waals surface area (Å²) in [5.41, 5.74) is 2.83. The van der Waals surface area contributed by atoms with Crippen LogP contribution < -0.4 is 10.1 Å². The molecule has 3 aromatic rings. The first-order valence-corrected chi connectivity index (χ1v) is 12.1. The van der Waals surface area contributed by atoms with E-state index >= 15 is 0 Å². The molecule has 8 heteroatoms. The molecule has 6 nitrogen and oxygen atoms in total. The van der Waals surface area contributed by atoms with Gasteiger partial charge in [0, 0.05) is 29.3 Å². The van der Waals surface area contributed by atoms with Gasteiger partial charge in [-0.2, -0.15) is 4.99 Å². The first-order chi connectivity index (χ1) is 15.9. The minimum atomic E-state index is -0.391. The van der Waals surface area contributed by atoms with Crippen molar-refractivity contribution in [1.82, 2.24) is 9.88 Å². The van der Waals surface area contributed by atoms with Crippen LogP contribution in [0.1, 0.15) is 49.7 Å². The Morgan fingerprint density at radius 1 is 1.15 bits per heavy atom. The van der Waals surface area contributed by atoms with E-state index in [0.717, 1.165) is 35.6 Å². The Kier molecular flexibility index (Phi) is 7.42. The van der Waals surface area contributed by atoms with Gasteiger partial charge >= 0.3 is 0 Å². The minimum absolute atomic E-state index is 0.0819. The van der Waals surface area contributed by atoms with Crippen LogP contribution in [0.15, 0.2) is 53.5 Å². The van der Waals surface area contributed by atoms with E-state index in [1.165, 1.54) is 11.3 Å². The van der Waals surface area contributed by atoms with Crippen LogP contribution in [0, 0.1) is 13.8 Å². The standard InChI is InChI=1S/C25H26ClN3O3S/c1-16-17(2)33-25(28-24(31)21-11-5-6-12-22(21)26)29(16)15-18-8-3-4-10-20(18)23(30)27-14-19-9-7-13-32-19/h3-6,8,10-12,19H,7,9,13-15H2,1-2H3,(H,27,30). The van der Waals surface area contributed by atoms with Gasteiger partial charge in [0.1, 0.15) is 0 Å². The summed E-state index contributed by atoms with van der Waals surface area (Å²) in [6.45, 7) is 5.67. The van der Waals surface area contributed by atoms with Gasteiger partial charge < -0.3 is 14.6 Å². The largest absolute Gasteiger partial charge is 0.376 e. The monoisotopic (exact) mass is 483 g/mol. The summed E-state index contributed by atoms with van der Waals surface area (Å²) >= 11 is 7.63. The number of carbonyl (C=O) groups is 2. The first kappa shape index (κ1) is 23.4. The van der Waals surface area contributed by atoms with E-state index in [-0.39, 0.29) is 12.0 Å². The summed E-state index contributed by atoms with van der Waals surface area (Å²) in [4.78, 5) is 31.7. The number of hydrogen-bond acceptors (Lipinski definition) is 4. The lowest BCUT2D eigenvalue weighted by Crippen LogP contribution is -2.32. The average molecular weight is 484 g/mol. The summed E-state index contributed by atoms with van der Waals surface area (Å²) in [6.07, 6.45) is 2.08. The number of aromatic nitrogens is 1. The Morgan fingerprint density at radius 2 is 1.88 bits per heavy atom. The third-order valence-electron chi connectivity index (χ3n) is 5.80. The third kappa shape index (κ3) is 5.43. The zero-order chi connectivity index (χ0) is 23.4. The molecule has 0 saturated carbocycles. The molecule has 0 spiro atoms. The number of rotatable bonds is 6. The fourth-order valence-corrected chi connectivity index (χ4v) is 5.00. The van der Waals surface area contributed by atoms with E-state index in [0.29, 0.717) is 34.0 Å². The third-order valence-corrected chi connectivity index (χ3v) is 7.22. The molecule has 1 unspecified atom stereocenters. The van der Waals surface area contributed by atoms with Crippen LogP contribution in [0.5, 0.6) is 0 Å². The van der Waals surface area contributed by atoms with E-state index in [1.54, 1.807) is 24.3 Å². The van der Waals surface area contributed by atoms with Gasteiger partial charge in [-0.15, -0.1) is 11.3 Å². The number of nitrogens with one attached hydrogen (secondary N) is 1. The normalized spacial score (nSPS) is 16.2. The number of carbonyl (C=O) groups excluding carboxylic acids is 2. The lowest BCUT2D eigenvalue weighted by atomic mass is 10.1. The molecule has 1 N–H and O–H groups in total. The Labute approximate surface area is 201 Å². The second kappa shape index (κ2) is 10.5. The minimum Gasteiger partial charge on any atom is -0.376 e. The van der Waals surface area contributed by atoms with Gasteiger partial charge in [0.05, 0.1) is 23.2 Å². The topological polar surface area (TPSA) is 72.7 Å². The molecule has 1 fully saturated rings. The molecule has 4 rings (SSSR count). The number of ether oxygens (including phenoxy) is 1. The Hall–Kier alpha value is -2.74. The second-order valence-corrected chi connectivity index (χ2v) is 9.60. The van der Waals surface area contributed by atoms with Gasteiger partial charge in [-0.3, -0.25) is 9.59 Å². The Balaban J connectivity index is 1.62. The van der Waals surface area contributed by atoms with Crippen molar-refractivity contribution < 1.29 is 14.3 Å². The van der Waals surface area contributed by atoms with Crippen LogP contribution in [0.2, 0.25) is 5.02 Å². The number of hydrogen-bond donors (Lipinski definition) is 1. The van der Waals surface area contributed by atoms with E-state index < -0.39 is 5.91 Å². The van der Waals surface area contributed by atoms with E-state index in [4.69, 9.17) is 16.3 Å². The van der Waals surface area contributed by atoms with E-state index in [9.17, 15) is 9.59 Å². The number of benzene rings is 2. The zero-order valence-corrected chi connectivity index (χ0v) is 20.2. The van der Waals surface area contributed by atoms with Crippen molar-refractivity contribution in [2.24, 2.45) is 4.99 Å². The van der Waals surface area contributed by atoms with Gasteiger partial charge in [-0.25, -0.2) is 0 Å². The van der Waals surface area contributed by atoms with Crippen molar-refractivity contribution in [1.29, 1.82) is 0 Å². The maximum absolute atomic E-state index is 12.9. The van der Waals surface area contributed by atoms with Crippen LogP contribution in [-0.2, 0) is 11.3 Å². The van der Waals surface area contributed by atoms with Crippen molar-refractivity contribution in [3.63, 3.8) is 0 Å². The fraction of sp³-hybridized carbons (Fsp3) is 0.320. The summed E-state index contributed by atoms with van der Waals surface area (Å²) in [5, 5.41) is 3.37. The molecule has 1 aliphatic rings. The molecule has 0 aliphatic carbocycles. The van der Waals surface area contributed by atoms with E-state index in [2.05, 4.69) is 10.3 Å². The molecule has 1 aromatic heterocycles. The lowest BCUT2D eigenvalue weighted by Gasteiger charge is -2.14. The van der Waals surface area contributed by atoms with Crippen LogP contribution in [0.3, 0.4) is 0 Å². The molecule has 2 aromatic carbocycles. The Bertz CT molecular complexity index is 1240. The SMILES string of the molecule is Cc1sc(=NC(=O)c2ccccc2Cl)n(Cc2ccccc2C(=O)NCC2CCCO2)c1C. The molecule has 0 bridgehead atoms. The first-order valence-electron chi connectivity index (χ1n) is 10.9. The van der Waals surface area contributed by atoms with Gasteiger partial charge in [-0.1, -0.05) is 41.9 Å². The zero-order valence-electron chi connectivity index (χ0n) is 18.6. The molecule has 2 amide bonds. The van der Waals surface area contributed by atoms with Crippen molar-refractivity contribution in [2.75, 3.05) is 13.2 Å². The highest BCUT2D eigenvalue weighted by Gasteiger charge is 2.19. The molecular weight excluding hydrogens is 458 g/mol. The molecule has 33 heavy (non-hydrogen) atoms. The molecular formula is C25H26ClN3O3S. The smallest absolute Gasteiger partial charge is 0.281 e. The van der Waals surface area contributed by atoms with Crippen LogP contribution in [-0.4, -0.2) is 35.6 Å². The molecule has 172 valence electrons. The summed E-state index contributed by atoms with van der Waals surface area (Å²) in [7, 11) is 0. The van der Waals surface area contributed by atoms with E-state index in [1.807, 2.05) is 42.7 Å². The van der Waals surface area contributed by atoms with Gasteiger partial charge in [-0.05, 0) is 50.5 Å². The molecule has 1 saturated heterocycles. The van der Waals surface area contributed by atoms with Crippen LogP contribution in [0.4, 0.5) is 0 Å². The predicted octanol–water partition coefficient (Wildman–Crippen LogP) is 4.52. The molecule has 1 aliphatic heterocycles. The maximum Gasteiger partial charge on any atom is 0.281 e. The fourth-order valence-electron chi connectivity index (χ4n) is 3.81. The van der Waals surface area contributed by atoms with Crippen LogP contribution in [0.25, 0.3) is 0 Å². The van der Waals surface area contributed by atoms with Crippen LogP contribution >= 0.6 is 22.9 Å². The van der Waals surface area contributed by atoms with Gasteiger partial charge in [0.25, 0.3) is 11.8 Å². The molecule has 1 atom stereocenters. The summed E-state index contributed by atoms with van der Waals surface area (Å²) < 4.78 is 7.58. The quantitative estimate of drug-likeness (QED) is 0.560. The van der Waals surface area contributed by atoms with Crippen molar-refractivity contribution in [3.05, 3.63) is 85.6 Å². The number of thiazole rings is 1. The molecule has 0 radical (unpaired) electrons. The summed E-state index contributed by atoms with van der Waals surface area (Å²) in [5.74, 6) is -0.518. The highest BCUT2D eigenvalue weighted by atomic mass is 35.5. The average Bonchev–Trinajstić information content (AvgIpc) is 3.42. The van der Waals surface area contributed by atoms with Gasteiger partial charge in [0.15, 0.2) is 4.80 Å². The number of nitrogens with zero attached hydrogens (tertiary/aromatic N) is 2. The molecule has 2 heterocycles. The second-order valence-electron chi connectivity index (χ2n) is 8.01. The number of halogens is 1. The highest BCUT2D eigenvalue weighted by Crippen LogP contribution is 2.18. The lowest BCUT2D eigenvalue weighted by molar-refractivity contribution is 0.0856. The van der Waals surface area contributed by atoms with Crippen molar-refractivity contribution in [2.45, 2.75) is 39.3 Å².